The highest BCUT2D eigenvalue weighted by Gasteiger charge is 2.37. The maximum absolute atomic E-state index is 12.7. The molecule has 25 heavy (non-hydrogen) atoms. The van der Waals surface area contributed by atoms with Gasteiger partial charge in [0.05, 0.1) is 21.3 Å². The fourth-order valence-corrected chi connectivity index (χ4v) is 3.61. The summed E-state index contributed by atoms with van der Waals surface area (Å²) in [6, 6.07) is 14.1. The van der Waals surface area contributed by atoms with Crippen molar-refractivity contribution in [3.8, 4) is 0 Å². The lowest BCUT2D eigenvalue weighted by molar-refractivity contribution is 0.0925. The lowest BCUT2D eigenvalue weighted by Gasteiger charge is -2.17. The lowest BCUT2D eigenvalue weighted by atomic mass is 10.1. The van der Waals surface area contributed by atoms with E-state index in [4.69, 9.17) is 0 Å². The summed E-state index contributed by atoms with van der Waals surface area (Å²) in [4.78, 5) is 35.9. The van der Waals surface area contributed by atoms with Gasteiger partial charge < -0.3 is 0 Å². The summed E-state index contributed by atoms with van der Waals surface area (Å²) in [6.07, 6.45) is 3.31. The number of para-hydroxylation sites is 1. The average molecular weight is 412 g/mol. The van der Waals surface area contributed by atoms with Gasteiger partial charge in [-0.05, 0) is 52.0 Å². The molecule has 1 aliphatic heterocycles. The number of rotatable bonds is 3. The number of hydrogen-bond donors (Lipinski definition) is 0. The van der Waals surface area contributed by atoms with Crippen molar-refractivity contribution in [1.82, 2.24) is 9.97 Å². The molecule has 0 fully saturated rings. The smallest absolute Gasteiger partial charge is 0.266 e. The van der Waals surface area contributed by atoms with Crippen molar-refractivity contribution in [2.24, 2.45) is 0 Å². The van der Waals surface area contributed by atoms with Crippen LogP contribution < -0.4 is 4.90 Å². The monoisotopic (exact) mass is 411 g/mol. The van der Waals surface area contributed by atoms with Gasteiger partial charge in [-0.15, -0.1) is 0 Å². The third kappa shape index (κ3) is 2.85. The molecule has 0 spiro atoms. The molecule has 3 aromatic rings. The summed E-state index contributed by atoms with van der Waals surface area (Å²) < 4.78 is 0.783. The van der Waals surface area contributed by atoms with E-state index in [0.717, 1.165) is 9.37 Å². The number of hydrogen-bond acceptors (Lipinski definition) is 5. The van der Waals surface area contributed by atoms with Crippen molar-refractivity contribution >= 4 is 45.2 Å². The van der Waals surface area contributed by atoms with Crippen LogP contribution in [0.25, 0.3) is 0 Å². The van der Waals surface area contributed by atoms with Crippen molar-refractivity contribution < 1.29 is 9.59 Å². The first-order valence-electron chi connectivity index (χ1n) is 7.37. The largest absolute Gasteiger partial charge is 0.268 e. The molecule has 0 atom stereocenters. The fourth-order valence-electron chi connectivity index (χ4n) is 2.59. The first-order valence-corrected chi connectivity index (χ1v) is 8.98. The van der Waals surface area contributed by atoms with Crippen LogP contribution in [-0.4, -0.2) is 21.8 Å². The summed E-state index contributed by atoms with van der Waals surface area (Å²) >= 11 is 4.60. The minimum absolute atomic E-state index is 0.314. The fraction of sp³-hybridized carbons (Fsp3) is 0. The molecule has 0 saturated carbocycles. The van der Waals surface area contributed by atoms with Crippen LogP contribution in [0, 0.1) is 0 Å². The van der Waals surface area contributed by atoms with Gasteiger partial charge in [0.15, 0.2) is 5.16 Å². The predicted molar refractivity (Wildman–Crippen MR) is 97.9 cm³/mol. The number of aromatic nitrogens is 2. The van der Waals surface area contributed by atoms with E-state index < -0.39 is 0 Å². The maximum atomic E-state index is 12.7. The number of halogens is 1. The van der Waals surface area contributed by atoms with Gasteiger partial charge in [0.2, 0.25) is 0 Å². The second-order valence-corrected chi connectivity index (χ2v) is 7.17. The molecule has 0 saturated heterocycles. The van der Waals surface area contributed by atoms with Crippen LogP contribution in [-0.2, 0) is 0 Å². The van der Waals surface area contributed by atoms with Crippen LogP contribution >= 0.6 is 27.7 Å². The highest BCUT2D eigenvalue weighted by molar-refractivity contribution is 9.10. The van der Waals surface area contributed by atoms with Crippen LogP contribution in [0.1, 0.15) is 20.7 Å². The van der Waals surface area contributed by atoms with Gasteiger partial charge in [0, 0.05) is 17.3 Å². The Bertz CT molecular complexity index is 957. The molecular formula is C18H10BrN3O2S. The minimum atomic E-state index is -0.314. The molecule has 1 aromatic heterocycles. The zero-order chi connectivity index (χ0) is 17.4. The third-order valence-corrected chi connectivity index (χ3v) is 5.07. The number of carbonyl (C=O) groups is 2. The highest BCUT2D eigenvalue weighted by Crippen LogP contribution is 2.37. The zero-order valence-electron chi connectivity index (χ0n) is 12.7. The predicted octanol–water partition coefficient (Wildman–Crippen LogP) is 4.19. The molecule has 122 valence electrons. The van der Waals surface area contributed by atoms with Gasteiger partial charge in [0.1, 0.15) is 0 Å². The number of imide groups is 1. The summed E-state index contributed by atoms with van der Waals surface area (Å²) in [5.74, 6) is -0.629. The Morgan fingerprint density at radius 2 is 1.40 bits per heavy atom. The second-order valence-electron chi connectivity index (χ2n) is 5.24. The Morgan fingerprint density at radius 1 is 0.840 bits per heavy atom. The molecule has 0 unspecified atom stereocenters. The number of nitrogens with zero attached hydrogens (tertiary/aromatic N) is 3. The van der Waals surface area contributed by atoms with Gasteiger partial charge >= 0.3 is 0 Å². The topological polar surface area (TPSA) is 63.2 Å². The number of fused-ring (bicyclic) bond motifs is 1. The first-order chi connectivity index (χ1) is 12.1. The van der Waals surface area contributed by atoms with Gasteiger partial charge in [0.25, 0.3) is 11.8 Å². The van der Waals surface area contributed by atoms with Gasteiger partial charge in [-0.2, -0.15) is 0 Å². The molecule has 0 bridgehead atoms. The van der Waals surface area contributed by atoms with E-state index in [1.165, 1.54) is 16.7 Å². The number of anilines is 1. The molecule has 1 aliphatic rings. The van der Waals surface area contributed by atoms with E-state index in [-0.39, 0.29) is 11.8 Å². The van der Waals surface area contributed by atoms with Crippen molar-refractivity contribution in [2.45, 2.75) is 10.1 Å². The first kappa shape index (κ1) is 16.0. The maximum Gasteiger partial charge on any atom is 0.266 e. The molecule has 0 radical (unpaired) electrons. The minimum Gasteiger partial charge on any atom is -0.268 e. The summed E-state index contributed by atoms with van der Waals surface area (Å²) in [5.41, 5.74) is 1.38. The Labute approximate surface area is 156 Å². The Balaban J connectivity index is 1.74. The van der Waals surface area contributed by atoms with Crippen molar-refractivity contribution in [1.29, 1.82) is 0 Å². The molecule has 5 nitrogen and oxygen atoms in total. The molecule has 7 heteroatoms. The van der Waals surface area contributed by atoms with Gasteiger partial charge in [-0.3, -0.25) is 9.59 Å². The van der Waals surface area contributed by atoms with E-state index in [9.17, 15) is 9.59 Å². The summed E-state index contributed by atoms with van der Waals surface area (Å²) in [6.45, 7) is 0. The van der Waals surface area contributed by atoms with Crippen LogP contribution in [0.5, 0.6) is 0 Å². The normalized spacial score (nSPS) is 13.2. The second kappa shape index (κ2) is 6.42. The van der Waals surface area contributed by atoms with Gasteiger partial charge in [-0.25, -0.2) is 14.9 Å². The van der Waals surface area contributed by atoms with E-state index in [0.29, 0.717) is 22.0 Å². The molecule has 2 heterocycles. The van der Waals surface area contributed by atoms with E-state index in [2.05, 4.69) is 25.9 Å². The van der Waals surface area contributed by atoms with Gasteiger partial charge in [-0.1, -0.05) is 24.3 Å². The highest BCUT2D eigenvalue weighted by atomic mass is 79.9. The Morgan fingerprint density at radius 3 is 2.04 bits per heavy atom. The van der Waals surface area contributed by atoms with Crippen molar-refractivity contribution in [3.05, 3.63) is 76.5 Å². The van der Waals surface area contributed by atoms with E-state index >= 15 is 0 Å². The molecule has 0 aliphatic carbocycles. The summed E-state index contributed by atoms with van der Waals surface area (Å²) in [5, 5.41) is 0.534. The third-order valence-electron chi connectivity index (χ3n) is 3.70. The Kier molecular flexibility index (Phi) is 4.10. The van der Waals surface area contributed by atoms with Crippen LogP contribution in [0.3, 0.4) is 0 Å². The standard InChI is InChI=1S/C18H10BrN3O2S/c19-11-9-20-18(21-10-11)25-15-8-4-3-7-14(15)22-16(23)12-5-1-2-6-13(12)17(22)24/h1-10H. The quantitative estimate of drug-likeness (QED) is 0.477. The molecule has 2 amide bonds. The van der Waals surface area contributed by atoms with E-state index in [1.54, 1.807) is 48.8 Å². The van der Waals surface area contributed by atoms with Crippen molar-refractivity contribution in [3.63, 3.8) is 0 Å². The Hall–Kier alpha value is -2.51. The molecule has 0 N–H and O–H groups in total. The number of benzene rings is 2. The van der Waals surface area contributed by atoms with Crippen LogP contribution in [0.2, 0.25) is 0 Å². The number of carbonyl (C=O) groups excluding carboxylic acids is 2. The zero-order valence-corrected chi connectivity index (χ0v) is 15.1. The average Bonchev–Trinajstić information content (AvgIpc) is 2.89. The molecule has 4 rings (SSSR count). The SMILES string of the molecule is O=C1c2ccccc2C(=O)N1c1ccccc1Sc1ncc(Br)cn1. The van der Waals surface area contributed by atoms with E-state index in [1.807, 2.05) is 12.1 Å². The summed E-state index contributed by atoms with van der Waals surface area (Å²) in [7, 11) is 0. The van der Waals surface area contributed by atoms with Crippen LogP contribution in [0.15, 0.2) is 75.4 Å². The molecule has 2 aromatic carbocycles. The number of amides is 2. The molecular weight excluding hydrogens is 402 g/mol. The lowest BCUT2D eigenvalue weighted by Crippen LogP contribution is -2.29. The van der Waals surface area contributed by atoms with Crippen LogP contribution in [0.4, 0.5) is 5.69 Å². The van der Waals surface area contributed by atoms with Crippen molar-refractivity contribution in [2.75, 3.05) is 4.90 Å².